The summed E-state index contributed by atoms with van der Waals surface area (Å²) in [6.45, 7) is 15.5. The van der Waals surface area contributed by atoms with Gasteiger partial charge in [-0.1, -0.05) is 24.3 Å². The molecule has 0 amide bonds. The second-order valence-electron chi connectivity index (χ2n) is 8.08. The van der Waals surface area contributed by atoms with Crippen LogP contribution in [0.25, 0.3) is 0 Å². The molecule has 6 heteroatoms. The van der Waals surface area contributed by atoms with Gasteiger partial charge in [-0.15, -0.1) is 0 Å². The zero-order chi connectivity index (χ0) is 19.3. The topological polar surface area (TPSA) is 54.6 Å². The van der Waals surface area contributed by atoms with Crippen LogP contribution in [0.1, 0.15) is 24.0 Å². The first-order chi connectivity index (χ1) is 13.9. The second-order valence-corrected chi connectivity index (χ2v) is 8.08. The summed E-state index contributed by atoms with van der Waals surface area (Å²) in [6.07, 6.45) is 2.41. The summed E-state index contributed by atoms with van der Waals surface area (Å²) in [5.41, 5.74) is 2.87. The third-order valence-electron chi connectivity index (χ3n) is 5.66. The van der Waals surface area contributed by atoms with E-state index in [1.165, 1.54) is 24.0 Å². The maximum atomic E-state index is 3.60. The molecule has 1 aromatic rings. The van der Waals surface area contributed by atoms with E-state index in [1.807, 2.05) is 0 Å². The van der Waals surface area contributed by atoms with Gasteiger partial charge in [0.2, 0.25) is 0 Å². The molecule has 0 spiro atoms. The number of nitrogens with one attached hydrogen (secondary N) is 4. The van der Waals surface area contributed by atoms with E-state index in [2.05, 4.69) is 55.3 Å². The highest BCUT2D eigenvalue weighted by Crippen LogP contribution is 2.11. The van der Waals surface area contributed by atoms with Gasteiger partial charge in [0.25, 0.3) is 0 Å². The monoisotopic (exact) mass is 388 g/mol. The lowest BCUT2D eigenvalue weighted by molar-refractivity contribution is 0.233. The van der Waals surface area contributed by atoms with Gasteiger partial charge in [0, 0.05) is 65.4 Å². The van der Waals surface area contributed by atoms with E-state index in [1.54, 1.807) is 0 Å². The second kappa shape index (κ2) is 13.2. The van der Waals surface area contributed by atoms with Crippen molar-refractivity contribution in [2.24, 2.45) is 0 Å². The molecule has 2 saturated heterocycles. The maximum absolute atomic E-state index is 3.60. The molecule has 1 aromatic carbocycles. The molecule has 2 aliphatic heterocycles. The van der Waals surface area contributed by atoms with Crippen molar-refractivity contribution >= 4 is 0 Å². The first kappa shape index (κ1) is 21.7. The van der Waals surface area contributed by atoms with Crippen LogP contribution in [-0.4, -0.2) is 88.3 Å². The molecule has 0 aromatic heterocycles. The maximum Gasteiger partial charge on any atom is 0.0234 e. The van der Waals surface area contributed by atoms with Gasteiger partial charge < -0.3 is 21.3 Å². The molecule has 4 N–H and O–H groups in total. The van der Waals surface area contributed by atoms with E-state index in [9.17, 15) is 0 Å². The average Bonchev–Trinajstić information content (AvgIpc) is 2.73. The Kier molecular flexibility index (Phi) is 10.3. The highest BCUT2D eigenvalue weighted by Gasteiger charge is 2.10. The summed E-state index contributed by atoms with van der Waals surface area (Å²) in [4.78, 5) is 5.14. The Hall–Kier alpha value is -1.02. The van der Waals surface area contributed by atoms with Gasteiger partial charge in [0.1, 0.15) is 0 Å². The van der Waals surface area contributed by atoms with Gasteiger partial charge >= 0.3 is 0 Å². The Morgan fingerprint density at radius 1 is 0.500 bits per heavy atom. The number of hydrogen-bond acceptors (Lipinski definition) is 6. The van der Waals surface area contributed by atoms with Gasteiger partial charge in [-0.3, -0.25) is 9.80 Å². The molecule has 0 bridgehead atoms. The van der Waals surface area contributed by atoms with Crippen molar-refractivity contribution in [2.45, 2.75) is 25.9 Å². The SMILES string of the molecule is c1cc(CN2CCNCC2)ccc1CN1CCCNCCNCCCNCC1. The number of benzene rings is 1. The molecule has 0 radical (unpaired) electrons. The van der Waals surface area contributed by atoms with Crippen molar-refractivity contribution in [1.29, 1.82) is 0 Å². The molecule has 2 fully saturated rings. The minimum absolute atomic E-state index is 1.05. The van der Waals surface area contributed by atoms with E-state index in [0.29, 0.717) is 0 Å². The third kappa shape index (κ3) is 8.55. The molecule has 2 heterocycles. The average molecular weight is 389 g/mol. The minimum Gasteiger partial charge on any atom is -0.315 e. The molecule has 6 nitrogen and oxygen atoms in total. The Balaban J connectivity index is 1.46. The molecule has 0 atom stereocenters. The zero-order valence-corrected chi connectivity index (χ0v) is 17.5. The summed E-state index contributed by atoms with van der Waals surface area (Å²) in [5.74, 6) is 0. The summed E-state index contributed by atoms with van der Waals surface area (Å²) >= 11 is 0. The van der Waals surface area contributed by atoms with Crippen LogP contribution in [0.2, 0.25) is 0 Å². The van der Waals surface area contributed by atoms with E-state index in [4.69, 9.17) is 0 Å². The molecule has 28 heavy (non-hydrogen) atoms. The number of rotatable bonds is 4. The van der Waals surface area contributed by atoms with Crippen LogP contribution in [0.15, 0.2) is 24.3 Å². The van der Waals surface area contributed by atoms with Crippen LogP contribution in [0.4, 0.5) is 0 Å². The summed E-state index contributed by atoms with van der Waals surface area (Å²) in [5, 5.41) is 14.1. The predicted molar refractivity (Wildman–Crippen MR) is 118 cm³/mol. The predicted octanol–water partition coefficient (Wildman–Crippen LogP) is 0.456. The van der Waals surface area contributed by atoms with Crippen LogP contribution < -0.4 is 21.3 Å². The van der Waals surface area contributed by atoms with Crippen LogP contribution in [0.3, 0.4) is 0 Å². The zero-order valence-electron chi connectivity index (χ0n) is 17.5. The fourth-order valence-corrected chi connectivity index (χ4v) is 3.96. The Morgan fingerprint density at radius 2 is 0.929 bits per heavy atom. The highest BCUT2D eigenvalue weighted by molar-refractivity contribution is 5.22. The lowest BCUT2D eigenvalue weighted by Gasteiger charge is -2.27. The van der Waals surface area contributed by atoms with Crippen molar-refractivity contribution in [3.63, 3.8) is 0 Å². The molecular formula is C22H40N6. The Bertz CT molecular complexity index is 500. The van der Waals surface area contributed by atoms with E-state index < -0.39 is 0 Å². The van der Waals surface area contributed by atoms with E-state index in [-0.39, 0.29) is 0 Å². The standard InChI is InChI=1S/C22H40N6/c1-7-23-10-11-24-9-2-15-27(16-12-25-8-1)19-21-3-5-22(6-4-21)20-28-17-13-26-14-18-28/h3-6,23-26H,1-2,7-20H2. The minimum atomic E-state index is 1.05. The van der Waals surface area contributed by atoms with Crippen molar-refractivity contribution < 1.29 is 0 Å². The summed E-state index contributed by atoms with van der Waals surface area (Å²) < 4.78 is 0. The van der Waals surface area contributed by atoms with Gasteiger partial charge in [-0.25, -0.2) is 0 Å². The first-order valence-electron chi connectivity index (χ1n) is 11.3. The Morgan fingerprint density at radius 3 is 1.50 bits per heavy atom. The van der Waals surface area contributed by atoms with Crippen molar-refractivity contribution in [2.75, 3.05) is 78.5 Å². The van der Waals surface area contributed by atoms with Crippen LogP contribution in [0, 0.1) is 0 Å². The molecule has 0 unspecified atom stereocenters. The molecule has 2 aliphatic rings. The van der Waals surface area contributed by atoms with Gasteiger partial charge in [0.15, 0.2) is 0 Å². The Labute approximate surface area is 171 Å². The van der Waals surface area contributed by atoms with Gasteiger partial charge in [-0.05, 0) is 50.1 Å². The fraction of sp³-hybridized carbons (Fsp3) is 0.727. The largest absolute Gasteiger partial charge is 0.315 e. The fourth-order valence-electron chi connectivity index (χ4n) is 3.96. The lowest BCUT2D eigenvalue weighted by atomic mass is 10.1. The first-order valence-corrected chi connectivity index (χ1v) is 11.3. The van der Waals surface area contributed by atoms with Crippen LogP contribution >= 0.6 is 0 Å². The van der Waals surface area contributed by atoms with E-state index >= 15 is 0 Å². The summed E-state index contributed by atoms with van der Waals surface area (Å²) in [7, 11) is 0. The molecule has 158 valence electrons. The van der Waals surface area contributed by atoms with E-state index in [0.717, 1.165) is 91.6 Å². The molecule has 0 aliphatic carbocycles. The highest BCUT2D eigenvalue weighted by atomic mass is 15.2. The lowest BCUT2D eigenvalue weighted by Crippen LogP contribution is -2.42. The van der Waals surface area contributed by atoms with Crippen LogP contribution in [0.5, 0.6) is 0 Å². The quantitative estimate of drug-likeness (QED) is 0.601. The van der Waals surface area contributed by atoms with Crippen molar-refractivity contribution in [3.05, 3.63) is 35.4 Å². The van der Waals surface area contributed by atoms with Gasteiger partial charge in [-0.2, -0.15) is 0 Å². The molecule has 3 rings (SSSR count). The third-order valence-corrected chi connectivity index (χ3v) is 5.66. The van der Waals surface area contributed by atoms with Crippen molar-refractivity contribution in [1.82, 2.24) is 31.1 Å². The smallest absolute Gasteiger partial charge is 0.0234 e. The normalized spacial score (nSPS) is 22.6. The molecular weight excluding hydrogens is 348 g/mol. The van der Waals surface area contributed by atoms with Crippen molar-refractivity contribution in [3.8, 4) is 0 Å². The number of nitrogens with zero attached hydrogens (tertiary/aromatic N) is 2. The van der Waals surface area contributed by atoms with Gasteiger partial charge in [0.05, 0.1) is 0 Å². The summed E-state index contributed by atoms with van der Waals surface area (Å²) in [6, 6.07) is 9.32. The van der Waals surface area contributed by atoms with Crippen LogP contribution in [-0.2, 0) is 13.1 Å². The number of hydrogen-bond donors (Lipinski definition) is 4. The number of piperazine rings is 1. The molecule has 0 saturated carbocycles.